The molecular weight excluding hydrogens is 261 g/mol. The number of hydrogen-bond donors (Lipinski definition) is 1. The molecule has 0 spiro atoms. The lowest BCUT2D eigenvalue weighted by atomic mass is 9.43. The standard InChI is InChI=1S/C19H26FN/c1-18-8-13-7-14(9-18)11-19(10-13,12-18)17(21-2)15-5-3-4-6-16(15)20/h3-6,13-14,17,21H,7-12H2,1-2H3. The van der Waals surface area contributed by atoms with E-state index in [2.05, 4.69) is 12.2 Å². The minimum atomic E-state index is -0.0438. The maximum Gasteiger partial charge on any atom is 0.127 e. The van der Waals surface area contributed by atoms with Crippen molar-refractivity contribution in [3.63, 3.8) is 0 Å². The van der Waals surface area contributed by atoms with Gasteiger partial charge in [-0.1, -0.05) is 25.1 Å². The highest BCUT2D eigenvalue weighted by molar-refractivity contribution is 5.26. The van der Waals surface area contributed by atoms with Gasteiger partial charge in [0.1, 0.15) is 5.82 Å². The monoisotopic (exact) mass is 287 g/mol. The fourth-order valence-electron chi connectivity index (χ4n) is 6.64. The van der Waals surface area contributed by atoms with Crippen molar-refractivity contribution in [1.29, 1.82) is 0 Å². The highest BCUT2D eigenvalue weighted by atomic mass is 19.1. The zero-order valence-electron chi connectivity index (χ0n) is 13.2. The second kappa shape index (κ2) is 4.55. The summed E-state index contributed by atoms with van der Waals surface area (Å²) in [7, 11) is 2.01. The van der Waals surface area contributed by atoms with Crippen molar-refractivity contribution in [2.45, 2.75) is 51.5 Å². The maximum absolute atomic E-state index is 14.4. The highest BCUT2D eigenvalue weighted by Gasteiger charge is 2.58. The summed E-state index contributed by atoms with van der Waals surface area (Å²) in [5.41, 5.74) is 1.66. The van der Waals surface area contributed by atoms with Gasteiger partial charge in [-0.2, -0.15) is 0 Å². The molecular formula is C19H26FN. The van der Waals surface area contributed by atoms with Crippen LogP contribution in [0, 0.1) is 28.5 Å². The normalized spacial score (nSPS) is 42.2. The smallest absolute Gasteiger partial charge is 0.127 e. The van der Waals surface area contributed by atoms with Crippen molar-refractivity contribution >= 4 is 0 Å². The van der Waals surface area contributed by atoms with Gasteiger partial charge in [-0.3, -0.25) is 0 Å². The third kappa shape index (κ3) is 2.06. The fourth-order valence-corrected chi connectivity index (χ4v) is 6.64. The molecule has 0 heterocycles. The molecule has 5 rings (SSSR count). The summed E-state index contributed by atoms with van der Waals surface area (Å²) in [6, 6.07) is 7.54. The van der Waals surface area contributed by atoms with Crippen LogP contribution in [0.3, 0.4) is 0 Å². The second-order valence-corrected chi connectivity index (χ2v) is 8.38. The van der Waals surface area contributed by atoms with Crippen LogP contribution < -0.4 is 5.32 Å². The van der Waals surface area contributed by atoms with Crippen LogP contribution in [0.4, 0.5) is 4.39 Å². The predicted octanol–water partition coefficient (Wildman–Crippen LogP) is 4.69. The third-order valence-corrected chi connectivity index (χ3v) is 6.52. The molecule has 1 aromatic rings. The average Bonchev–Trinajstić information content (AvgIpc) is 2.38. The first-order chi connectivity index (χ1) is 10.0. The van der Waals surface area contributed by atoms with Crippen LogP contribution >= 0.6 is 0 Å². The van der Waals surface area contributed by atoms with E-state index in [-0.39, 0.29) is 17.3 Å². The molecule has 0 aliphatic heterocycles. The lowest BCUT2D eigenvalue weighted by Crippen LogP contribution is -2.55. The topological polar surface area (TPSA) is 12.0 Å². The quantitative estimate of drug-likeness (QED) is 0.850. The first-order valence-corrected chi connectivity index (χ1v) is 8.45. The Hall–Kier alpha value is -0.890. The first kappa shape index (κ1) is 13.8. The van der Waals surface area contributed by atoms with E-state index in [0.29, 0.717) is 5.41 Å². The zero-order chi connectivity index (χ0) is 14.7. The summed E-state index contributed by atoms with van der Waals surface area (Å²) in [6.45, 7) is 2.48. The van der Waals surface area contributed by atoms with E-state index in [4.69, 9.17) is 0 Å². The Labute approximate surface area is 127 Å². The van der Waals surface area contributed by atoms with Gasteiger partial charge in [0.2, 0.25) is 0 Å². The van der Waals surface area contributed by atoms with Gasteiger partial charge in [0.05, 0.1) is 0 Å². The molecule has 4 bridgehead atoms. The van der Waals surface area contributed by atoms with Crippen LogP contribution in [-0.4, -0.2) is 7.05 Å². The van der Waals surface area contributed by atoms with Gasteiger partial charge < -0.3 is 5.32 Å². The van der Waals surface area contributed by atoms with Gasteiger partial charge in [-0.05, 0) is 74.3 Å². The van der Waals surface area contributed by atoms with Crippen LogP contribution in [0.15, 0.2) is 24.3 Å². The summed E-state index contributed by atoms with van der Waals surface area (Å²) in [5.74, 6) is 1.70. The van der Waals surface area contributed by atoms with Gasteiger partial charge in [0.15, 0.2) is 0 Å². The Kier molecular flexibility index (Phi) is 2.98. The Morgan fingerprint density at radius 3 is 2.38 bits per heavy atom. The van der Waals surface area contributed by atoms with Gasteiger partial charge in [-0.25, -0.2) is 4.39 Å². The van der Waals surface area contributed by atoms with Crippen LogP contribution in [0.5, 0.6) is 0 Å². The molecule has 0 saturated heterocycles. The van der Waals surface area contributed by atoms with Crippen LogP contribution in [0.1, 0.15) is 57.1 Å². The summed E-state index contributed by atoms with van der Waals surface area (Å²) < 4.78 is 14.4. The lowest BCUT2D eigenvalue weighted by Gasteiger charge is -2.63. The van der Waals surface area contributed by atoms with Crippen molar-refractivity contribution in [2.24, 2.45) is 22.7 Å². The molecule has 114 valence electrons. The Bertz CT molecular complexity index is 538. The SMILES string of the molecule is CNC(c1ccccc1F)C12CC3CC(CC(C)(C3)C1)C2. The van der Waals surface area contributed by atoms with Crippen molar-refractivity contribution in [2.75, 3.05) is 7.05 Å². The van der Waals surface area contributed by atoms with Crippen molar-refractivity contribution in [1.82, 2.24) is 5.32 Å². The molecule has 21 heavy (non-hydrogen) atoms. The summed E-state index contributed by atoms with van der Waals surface area (Å²) in [6.07, 6.45) is 8.08. The van der Waals surface area contributed by atoms with Crippen LogP contribution in [0.25, 0.3) is 0 Å². The Morgan fingerprint density at radius 2 is 1.81 bits per heavy atom. The summed E-state index contributed by atoms with van der Waals surface area (Å²) in [4.78, 5) is 0. The number of rotatable bonds is 3. The molecule has 4 fully saturated rings. The molecule has 1 N–H and O–H groups in total. The molecule has 0 aromatic heterocycles. The molecule has 1 aromatic carbocycles. The Morgan fingerprint density at radius 1 is 1.14 bits per heavy atom. The van der Waals surface area contributed by atoms with Gasteiger partial charge in [0.25, 0.3) is 0 Å². The van der Waals surface area contributed by atoms with E-state index < -0.39 is 0 Å². The van der Waals surface area contributed by atoms with Gasteiger partial charge >= 0.3 is 0 Å². The highest BCUT2D eigenvalue weighted by Crippen LogP contribution is 2.68. The molecule has 4 aliphatic rings. The maximum atomic E-state index is 14.4. The first-order valence-electron chi connectivity index (χ1n) is 8.45. The van der Waals surface area contributed by atoms with E-state index >= 15 is 0 Å². The second-order valence-electron chi connectivity index (χ2n) is 8.38. The Balaban J connectivity index is 1.75. The van der Waals surface area contributed by atoms with Crippen molar-refractivity contribution < 1.29 is 4.39 Å². The minimum absolute atomic E-state index is 0.0438. The van der Waals surface area contributed by atoms with Crippen LogP contribution in [-0.2, 0) is 0 Å². The molecule has 1 nitrogen and oxygen atoms in total. The fraction of sp³-hybridized carbons (Fsp3) is 0.684. The number of hydrogen-bond acceptors (Lipinski definition) is 1. The average molecular weight is 287 g/mol. The van der Waals surface area contributed by atoms with E-state index in [9.17, 15) is 4.39 Å². The largest absolute Gasteiger partial charge is 0.312 e. The molecule has 3 atom stereocenters. The summed E-state index contributed by atoms with van der Waals surface area (Å²) in [5, 5.41) is 3.49. The molecule has 0 amide bonds. The summed E-state index contributed by atoms with van der Waals surface area (Å²) >= 11 is 0. The molecule has 2 heteroatoms. The zero-order valence-corrected chi connectivity index (χ0v) is 13.2. The molecule has 0 radical (unpaired) electrons. The van der Waals surface area contributed by atoms with E-state index in [1.54, 1.807) is 12.1 Å². The van der Waals surface area contributed by atoms with Gasteiger partial charge in [-0.15, -0.1) is 0 Å². The predicted molar refractivity (Wildman–Crippen MR) is 83.4 cm³/mol. The number of benzene rings is 1. The molecule has 4 saturated carbocycles. The van der Waals surface area contributed by atoms with Crippen molar-refractivity contribution in [3.8, 4) is 0 Å². The number of halogens is 1. The van der Waals surface area contributed by atoms with Crippen LogP contribution in [0.2, 0.25) is 0 Å². The lowest BCUT2D eigenvalue weighted by molar-refractivity contribution is -0.118. The third-order valence-electron chi connectivity index (χ3n) is 6.52. The number of nitrogens with one attached hydrogen (secondary N) is 1. The van der Waals surface area contributed by atoms with E-state index in [1.807, 2.05) is 19.2 Å². The van der Waals surface area contributed by atoms with Crippen molar-refractivity contribution in [3.05, 3.63) is 35.6 Å². The van der Waals surface area contributed by atoms with E-state index in [1.165, 1.54) is 38.5 Å². The molecule has 3 unspecified atom stereocenters. The van der Waals surface area contributed by atoms with E-state index in [0.717, 1.165) is 17.4 Å². The van der Waals surface area contributed by atoms with Gasteiger partial charge in [0, 0.05) is 11.6 Å². The molecule has 4 aliphatic carbocycles. The minimum Gasteiger partial charge on any atom is -0.312 e.